The van der Waals surface area contributed by atoms with Crippen molar-refractivity contribution in [3.63, 3.8) is 0 Å². The van der Waals surface area contributed by atoms with E-state index >= 15 is 0 Å². The highest BCUT2D eigenvalue weighted by molar-refractivity contribution is 5.73. The van der Waals surface area contributed by atoms with Crippen LogP contribution in [0.5, 0.6) is 0 Å². The molecule has 0 aliphatic carbocycles. The summed E-state index contributed by atoms with van der Waals surface area (Å²) < 4.78 is 15.3. The highest BCUT2D eigenvalue weighted by atomic mass is 19.1. The molecule has 0 saturated carbocycles. The number of anilines is 1. The summed E-state index contributed by atoms with van der Waals surface area (Å²) >= 11 is 0. The summed E-state index contributed by atoms with van der Waals surface area (Å²) in [5.74, 6) is -0.357. The molecule has 0 fully saturated rings. The molecule has 5 heteroatoms. The molecule has 0 unspecified atom stereocenters. The maximum absolute atomic E-state index is 13.7. The molecular weight excluding hydrogens is 219 g/mol. The van der Waals surface area contributed by atoms with Crippen molar-refractivity contribution in [2.24, 2.45) is 0 Å². The zero-order valence-corrected chi connectivity index (χ0v) is 8.84. The second-order valence-corrected chi connectivity index (χ2v) is 3.67. The molecule has 0 bridgehead atoms. The first-order valence-corrected chi connectivity index (χ1v) is 5.09. The fourth-order valence-electron chi connectivity index (χ4n) is 1.74. The van der Waals surface area contributed by atoms with Gasteiger partial charge < -0.3 is 5.73 Å². The number of aromatic nitrogens is 3. The summed E-state index contributed by atoms with van der Waals surface area (Å²) in [6.45, 7) is 0. The molecule has 2 N–H and O–H groups in total. The van der Waals surface area contributed by atoms with Crippen molar-refractivity contribution in [3.05, 3.63) is 48.7 Å². The van der Waals surface area contributed by atoms with Gasteiger partial charge in [-0.1, -0.05) is 0 Å². The van der Waals surface area contributed by atoms with Crippen LogP contribution in [-0.4, -0.2) is 14.5 Å². The van der Waals surface area contributed by atoms with Crippen molar-refractivity contribution >= 4 is 16.9 Å². The minimum absolute atomic E-state index is 0.353. The summed E-state index contributed by atoms with van der Waals surface area (Å²) in [5.41, 5.74) is 7.83. The Bertz CT molecular complexity index is 690. The van der Waals surface area contributed by atoms with E-state index in [4.69, 9.17) is 5.73 Å². The Kier molecular flexibility index (Phi) is 2.04. The van der Waals surface area contributed by atoms with Gasteiger partial charge in [0.1, 0.15) is 17.7 Å². The molecule has 3 aromatic rings. The van der Waals surface area contributed by atoms with Crippen LogP contribution in [0.4, 0.5) is 10.1 Å². The summed E-state index contributed by atoms with van der Waals surface area (Å²) in [6.07, 6.45) is 3.18. The average Bonchev–Trinajstić information content (AvgIpc) is 2.76. The van der Waals surface area contributed by atoms with Crippen molar-refractivity contribution in [1.82, 2.24) is 14.5 Å². The van der Waals surface area contributed by atoms with Gasteiger partial charge in [-0.15, -0.1) is 0 Å². The lowest BCUT2D eigenvalue weighted by atomic mass is 10.2. The summed E-state index contributed by atoms with van der Waals surface area (Å²) in [5, 5.41) is 0. The summed E-state index contributed by atoms with van der Waals surface area (Å²) in [6, 6.07) is 8.02. The zero-order valence-electron chi connectivity index (χ0n) is 8.84. The molecule has 0 radical (unpaired) electrons. The van der Waals surface area contributed by atoms with Crippen LogP contribution in [0.3, 0.4) is 0 Å². The number of nitrogen functional groups attached to an aromatic ring is 1. The van der Waals surface area contributed by atoms with E-state index in [1.807, 2.05) is 6.07 Å². The quantitative estimate of drug-likeness (QED) is 0.649. The van der Waals surface area contributed by atoms with Crippen LogP contribution in [0.2, 0.25) is 0 Å². The predicted octanol–water partition coefficient (Wildman–Crippen LogP) is 2.14. The monoisotopic (exact) mass is 228 g/mol. The lowest BCUT2D eigenvalue weighted by Crippen LogP contribution is -1.98. The van der Waals surface area contributed by atoms with Gasteiger partial charge in [0.05, 0.1) is 5.69 Å². The van der Waals surface area contributed by atoms with Gasteiger partial charge in [0, 0.05) is 11.9 Å². The molecule has 4 nitrogen and oxygen atoms in total. The number of pyridine rings is 1. The number of hydrogen-bond donors (Lipinski definition) is 1. The third kappa shape index (κ3) is 1.52. The van der Waals surface area contributed by atoms with Gasteiger partial charge in [0.15, 0.2) is 5.65 Å². The largest absolute Gasteiger partial charge is 0.399 e. The van der Waals surface area contributed by atoms with E-state index in [-0.39, 0.29) is 5.82 Å². The van der Waals surface area contributed by atoms with Crippen molar-refractivity contribution in [2.75, 3.05) is 5.73 Å². The number of halogens is 1. The van der Waals surface area contributed by atoms with Crippen molar-refractivity contribution in [2.45, 2.75) is 0 Å². The predicted molar refractivity (Wildman–Crippen MR) is 63.2 cm³/mol. The second-order valence-electron chi connectivity index (χ2n) is 3.67. The number of rotatable bonds is 1. The van der Waals surface area contributed by atoms with Crippen molar-refractivity contribution in [3.8, 4) is 5.69 Å². The molecule has 2 heterocycles. The van der Waals surface area contributed by atoms with Gasteiger partial charge >= 0.3 is 0 Å². The Morgan fingerprint density at radius 2 is 2.06 bits per heavy atom. The summed E-state index contributed by atoms with van der Waals surface area (Å²) in [7, 11) is 0. The smallest absolute Gasteiger partial charge is 0.164 e. The van der Waals surface area contributed by atoms with Crippen molar-refractivity contribution < 1.29 is 4.39 Å². The highest BCUT2D eigenvalue weighted by Gasteiger charge is 2.09. The Morgan fingerprint density at radius 1 is 1.18 bits per heavy atom. The van der Waals surface area contributed by atoms with Gasteiger partial charge in [0.25, 0.3) is 0 Å². The SMILES string of the molecule is Nc1ccc(F)c(-n2cnc3cccnc32)c1. The van der Waals surface area contributed by atoms with Crippen LogP contribution < -0.4 is 5.73 Å². The van der Waals surface area contributed by atoms with E-state index in [2.05, 4.69) is 9.97 Å². The van der Waals surface area contributed by atoms with Crippen LogP contribution >= 0.6 is 0 Å². The lowest BCUT2D eigenvalue weighted by molar-refractivity contribution is 0.619. The number of imidazole rings is 1. The van der Waals surface area contributed by atoms with Crippen molar-refractivity contribution in [1.29, 1.82) is 0 Å². The third-order valence-electron chi connectivity index (χ3n) is 2.54. The lowest BCUT2D eigenvalue weighted by Gasteiger charge is -2.05. The molecule has 0 atom stereocenters. The number of fused-ring (bicyclic) bond motifs is 1. The number of benzene rings is 1. The van der Waals surface area contributed by atoms with Gasteiger partial charge in [-0.25, -0.2) is 14.4 Å². The maximum atomic E-state index is 13.7. The van der Waals surface area contributed by atoms with Crippen LogP contribution in [0.15, 0.2) is 42.9 Å². The standard InChI is InChI=1S/C12H9FN4/c13-9-4-3-8(14)6-11(9)17-7-16-10-2-1-5-15-12(10)17/h1-7H,14H2. The van der Waals surface area contributed by atoms with E-state index < -0.39 is 0 Å². The zero-order chi connectivity index (χ0) is 11.8. The van der Waals surface area contributed by atoms with E-state index in [1.165, 1.54) is 18.5 Å². The molecule has 2 aromatic heterocycles. The second kappa shape index (κ2) is 3.55. The molecule has 84 valence electrons. The van der Waals surface area contributed by atoms with Crippen LogP contribution in [0.25, 0.3) is 16.9 Å². The number of nitrogens with zero attached hydrogens (tertiary/aromatic N) is 3. The van der Waals surface area contributed by atoms with E-state index in [1.54, 1.807) is 22.9 Å². The van der Waals surface area contributed by atoms with Gasteiger partial charge in [-0.2, -0.15) is 0 Å². The van der Waals surface area contributed by atoms with Crippen LogP contribution in [0.1, 0.15) is 0 Å². The fraction of sp³-hybridized carbons (Fsp3) is 0. The van der Waals surface area contributed by atoms with Crippen LogP contribution in [-0.2, 0) is 0 Å². The molecule has 0 aliphatic rings. The summed E-state index contributed by atoms with van der Waals surface area (Å²) in [4.78, 5) is 8.34. The molecule has 0 spiro atoms. The number of nitrogens with two attached hydrogens (primary N) is 1. The van der Waals surface area contributed by atoms with E-state index in [0.29, 0.717) is 22.5 Å². The first-order valence-electron chi connectivity index (χ1n) is 5.09. The first-order chi connectivity index (χ1) is 8.25. The average molecular weight is 228 g/mol. The Hall–Kier alpha value is -2.43. The third-order valence-corrected chi connectivity index (χ3v) is 2.54. The minimum atomic E-state index is -0.357. The number of hydrogen-bond acceptors (Lipinski definition) is 3. The molecule has 17 heavy (non-hydrogen) atoms. The highest BCUT2D eigenvalue weighted by Crippen LogP contribution is 2.20. The first kappa shape index (κ1) is 9.77. The molecule has 0 saturated heterocycles. The Balaban J connectivity index is 2.31. The van der Waals surface area contributed by atoms with E-state index in [9.17, 15) is 4.39 Å². The van der Waals surface area contributed by atoms with E-state index in [0.717, 1.165) is 0 Å². The molecular formula is C12H9FN4. The Labute approximate surface area is 96.5 Å². The maximum Gasteiger partial charge on any atom is 0.164 e. The van der Waals surface area contributed by atoms with Gasteiger partial charge in [0.2, 0.25) is 0 Å². The molecule has 3 rings (SSSR count). The molecule has 1 aromatic carbocycles. The Morgan fingerprint density at radius 3 is 2.94 bits per heavy atom. The van der Waals surface area contributed by atoms with Gasteiger partial charge in [-0.3, -0.25) is 4.57 Å². The minimum Gasteiger partial charge on any atom is -0.399 e. The molecule has 0 amide bonds. The topological polar surface area (TPSA) is 56.7 Å². The normalized spacial score (nSPS) is 10.9. The fourth-order valence-corrected chi connectivity index (χ4v) is 1.74. The molecule has 0 aliphatic heterocycles. The van der Waals surface area contributed by atoms with Gasteiger partial charge in [-0.05, 0) is 30.3 Å². The van der Waals surface area contributed by atoms with Crippen LogP contribution in [0, 0.1) is 5.82 Å².